The lowest BCUT2D eigenvalue weighted by Gasteiger charge is -2.24. The van der Waals surface area contributed by atoms with Gasteiger partial charge in [0.25, 0.3) is 0 Å². The molecule has 3 heterocycles. The van der Waals surface area contributed by atoms with Crippen molar-refractivity contribution in [1.29, 1.82) is 0 Å². The van der Waals surface area contributed by atoms with Crippen LogP contribution in [-0.4, -0.2) is 51.4 Å². The zero-order valence-electron chi connectivity index (χ0n) is 18.5. The summed E-state index contributed by atoms with van der Waals surface area (Å²) < 4.78 is 38.4. The van der Waals surface area contributed by atoms with E-state index in [1.54, 1.807) is 35.2 Å². The van der Waals surface area contributed by atoms with E-state index in [9.17, 15) is 9.36 Å². The number of carbonyl (C=O) groups is 1. The second kappa shape index (κ2) is 10.5. The molecule has 1 aromatic carbocycles. The summed E-state index contributed by atoms with van der Waals surface area (Å²) in [4.78, 5) is 24.3. The molecule has 4 atom stereocenters. The number of rotatable bonds is 9. The van der Waals surface area contributed by atoms with E-state index in [0.717, 1.165) is 3.57 Å². The molecule has 2 aromatic heterocycles. The van der Waals surface area contributed by atoms with Crippen molar-refractivity contribution in [3.05, 3.63) is 40.5 Å². The summed E-state index contributed by atoms with van der Waals surface area (Å²) in [7, 11) is -2.70. The maximum absolute atomic E-state index is 13.5. The van der Waals surface area contributed by atoms with E-state index < -0.39 is 19.8 Å². The number of ether oxygens (including phenoxy) is 2. The number of nitrogens with two attached hydrogens (primary N) is 1. The van der Waals surface area contributed by atoms with Crippen molar-refractivity contribution in [3.63, 3.8) is 0 Å². The average Bonchev–Trinajstić information content (AvgIpc) is 3.46. The van der Waals surface area contributed by atoms with Gasteiger partial charge in [0.05, 0.1) is 26.1 Å². The van der Waals surface area contributed by atoms with Crippen LogP contribution in [0, 0.1) is 3.57 Å². The number of benzene rings is 1. The molecule has 0 bridgehead atoms. The lowest BCUT2D eigenvalue weighted by molar-refractivity contribution is -0.142. The number of aromatic nitrogens is 4. The topological polar surface area (TPSA) is 153 Å². The van der Waals surface area contributed by atoms with E-state index in [4.69, 9.17) is 24.3 Å². The Labute approximate surface area is 209 Å². The Bertz CT molecular complexity index is 1210. The van der Waals surface area contributed by atoms with E-state index in [-0.39, 0.29) is 18.9 Å². The third-order valence-corrected chi connectivity index (χ3v) is 7.52. The first-order valence-corrected chi connectivity index (χ1v) is 13.0. The Morgan fingerprint density at radius 2 is 2.09 bits per heavy atom. The molecule has 1 saturated heterocycles. The van der Waals surface area contributed by atoms with Gasteiger partial charge < -0.3 is 19.7 Å². The number of fused-ring (bicyclic) bond motifs is 1. The van der Waals surface area contributed by atoms with Gasteiger partial charge >= 0.3 is 13.7 Å². The van der Waals surface area contributed by atoms with Gasteiger partial charge in [-0.1, -0.05) is 0 Å². The molecule has 182 valence electrons. The summed E-state index contributed by atoms with van der Waals surface area (Å²) in [5.74, 6) is 0.0299. The standard InChI is InChI=1S/C20H24IN6O6P/c1-12(20(28)30-2)26-34(29,33-14-5-3-13(21)4-6-14)31-9-15-7-8-16(32-15)27-11-25-17-18(22)23-10-24-19(17)27/h3-6,10-12,15-16H,7-9H2,1-2H3,(H,26,29)(H2,22,23,24)/t12?,15-,16+,34?/m0/s1. The molecule has 2 unspecified atom stereocenters. The highest BCUT2D eigenvalue weighted by molar-refractivity contribution is 14.1. The summed E-state index contributed by atoms with van der Waals surface area (Å²) in [5, 5.41) is 2.63. The van der Waals surface area contributed by atoms with Gasteiger partial charge in [0, 0.05) is 3.57 Å². The summed E-state index contributed by atoms with van der Waals surface area (Å²) >= 11 is 2.15. The van der Waals surface area contributed by atoms with Crippen molar-refractivity contribution >= 4 is 53.3 Å². The van der Waals surface area contributed by atoms with Gasteiger partial charge in [-0.15, -0.1) is 0 Å². The van der Waals surface area contributed by atoms with Gasteiger partial charge in [0.1, 0.15) is 29.9 Å². The number of esters is 1. The van der Waals surface area contributed by atoms with Crippen LogP contribution in [-0.2, 0) is 23.4 Å². The van der Waals surface area contributed by atoms with Gasteiger partial charge in [-0.3, -0.25) is 13.9 Å². The number of imidazole rings is 1. The molecule has 3 N–H and O–H groups in total. The number of nitrogen functional groups attached to an aromatic ring is 1. The number of methoxy groups -OCH3 is 1. The molecule has 0 radical (unpaired) electrons. The summed E-state index contributed by atoms with van der Waals surface area (Å²) in [5.41, 5.74) is 6.93. The Morgan fingerprint density at radius 1 is 1.32 bits per heavy atom. The van der Waals surface area contributed by atoms with Crippen LogP contribution >= 0.6 is 30.3 Å². The highest BCUT2D eigenvalue weighted by Gasteiger charge is 2.35. The van der Waals surface area contributed by atoms with Gasteiger partial charge in [-0.25, -0.2) is 19.5 Å². The Hall–Kier alpha value is -2.32. The highest BCUT2D eigenvalue weighted by Crippen LogP contribution is 2.46. The molecular formula is C20H24IN6O6P. The van der Waals surface area contributed by atoms with Gasteiger partial charge in [0.2, 0.25) is 0 Å². The molecule has 1 aliphatic rings. The first-order valence-electron chi connectivity index (χ1n) is 10.4. The Balaban J connectivity index is 1.44. The lowest BCUT2D eigenvalue weighted by Crippen LogP contribution is -2.35. The van der Waals surface area contributed by atoms with Crippen LogP contribution in [0.5, 0.6) is 5.75 Å². The van der Waals surface area contributed by atoms with Crippen molar-refractivity contribution < 1.29 is 27.9 Å². The first-order chi connectivity index (χ1) is 16.3. The molecule has 34 heavy (non-hydrogen) atoms. The smallest absolute Gasteiger partial charge is 0.459 e. The van der Waals surface area contributed by atoms with E-state index in [2.05, 4.69) is 42.6 Å². The van der Waals surface area contributed by atoms with E-state index in [0.29, 0.717) is 35.6 Å². The fourth-order valence-electron chi connectivity index (χ4n) is 3.47. The molecule has 0 amide bonds. The molecule has 0 saturated carbocycles. The van der Waals surface area contributed by atoms with Crippen LogP contribution in [0.2, 0.25) is 0 Å². The zero-order chi connectivity index (χ0) is 24.3. The van der Waals surface area contributed by atoms with Crippen molar-refractivity contribution in [2.24, 2.45) is 0 Å². The molecule has 0 spiro atoms. The molecule has 1 fully saturated rings. The van der Waals surface area contributed by atoms with Crippen LogP contribution in [0.3, 0.4) is 0 Å². The maximum Gasteiger partial charge on any atom is 0.459 e. The predicted octanol–water partition coefficient (Wildman–Crippen LogP) is 3.05. The van der Waals surface area contributed by atoms with E-state index in [1.807, 2.05) is 0 Å². The molecule has 0 aliphatic carbocycles. The number of nitrogens with one attached hydrogen (secondary N) is 1. The largest absolute Gasteiger partial charge is 0.468 e. The Kier molecular flexibility index (Phi) is 7.67. The summed E-state index contributed by atoms with van der Waals surface area (Å²) in [6.45, 7) is 1.49. The van der Waals surface area contributed by atoms with Gasteiger partial charge in [-0.2, -0.15) is 5.09 Å². The average molecular weight is 602 g/mol. The first kappa shape index (κ1) is 24.8. The lowest BCUT2D eigenvalue weighted by atomic mass is 10.2. The number of anilines is 1. The number of hydrogen-bond acceptors (Lipinski definition) is 10. The normalized spacial score (nSPS) is 20.7. The molecule has 4 rings (SSSR count). The predicted molar refractivity (Wildman–Crippen MR) is 131 cm³/mol. The molecule has 3 aromatic rings. The Morgan fingerprint density at radius 3 is 2.82 bits per heavy atom. The SMILES string of the molecule is COC(=O)C(C)NP(=O)(OC[C@@H]1CC[C@H](n2cnc3c(N)ncnc32)O1)Oc1ccc(I)cc1. The van der Waals surface area contributed by atoms with Crippen molar-refractivity contribution in [2.45, 2.75) is 38.1 Å². The fraction of sp³-hybridized carbons (Fsp3) is 0.400. The second-order valence-corrected chi connectivity index (χ2v) is 10.5. The minimum atomic E-state index is -3.95. The second-order valence-electron chi connectivity index (χ2n) is 7.59. The minimum absolute atomic E-state index is 0.0250. The third kappa shape index (κ3) is 5.66. The van der Waals surface area contributed by atoms with Crippen molar-refractivity contribution in [2.75, 3.05) is 19.5 Å². The number of carbonyl (C=O) groups excluding carboxylic acids is 1. The van der Waals surface area contributed by atoms with Crippen LogP contribution in [0.1, 0.15) is 26.0 Å². The summed E-state index contributed by atoms with van der Waals surface area (Å²) in [6, 6.07) is 6.03. The zero-order valence-corrected chi connectivity index (χ0v) is 21.5. The third-order valence-electron chi connectivity index (χ3n) is 5.16. The number of halogens is 1. The van der Waals surface area contributed by atoms with Crippen LogP contribution in [0.15, 0.2) is 36.9 Å². The van der Waals surface area contributed by atoms with Crippen LogP contribution < -0.4 is 15.3 Å². The number of nitrogens with zero attached hydrogens (tertiary/aromatic N) is 4. The van der Waals surface area contributed by atoms with Crippen LogP contribution in [0.25, 0.3) is 11.2 Å². The quantitative estimate of drug-likeness (QED) is 0.211. The molecule has 1 aliphatic heterocycles. The molecule has 12 nitrogen and oxygen atoms in total. The number of hydrogen-bond donors (Lipinski definition) is 2. The van der Waals surface area contributed by atoms with E-state index >= 15 is 0 Å². The van der Waals surface area contributed by atoms with Gasteiger partial charge in [0.15, 0.2) is 11.5 Å². The molecule has 14 heteroatoms. The van der Waals surface area contributed by atoms with Crippen molar-refractivity contribution in [1.82, 2.24) is 24.6 Å². The van der Waals surface area contributed by atoms with Crippen molar-refractivity contribution in [3.8, 4) is 5.75 Å². The molecular weight excluding hydrogens is 578 g/mol. The maximum atomic E-state index is 13.5. The van der Waals surface area contributed by atoms with E-state index in [1.165, 1.54) is 20.4 Å². The van der Waals surface area contributed by atoms with Crippen LogP contribution in [0.4, 0.5) is 5.82 Å². The highest BCUT2D eigenvalue weighted by atomic mass is 127. The van der Waals surface area contributed by atoms with Gasteiger partial charge in [-0.05, 0) is 66.6 Å². The monoisotopic (exact) mass is 602 g/mol. The summed E-state index contributed by atoms with van der Waals surface area (Å²) in [6.07, 6.45) is 3.57. The minimum Gasteiger partial charge on any atom is -0.468 e. The fourth-order valence-corrected chi connectivity index (χ4v) is 5.35.